The highest BCUT2D eigenvalue weighted by Gasteiger charge is 2.14. The molecule has 1 amide bonds. The number of aliphatic carboxylic acids is 1. The molecule has 0 heterocycles. The third-order valence-corrected chi connectivity index (χ3v) is 4.22. The zero-order valence-corrected chi connectivity index (χ0v) is 16.8. The van der Waals surface area contributed by atoms with Gasteiger partial charge in [-0.05, 0) is 24.7 Å². The smallest absolute Gasteiger partial charge is 0.329 e. The molecule has 5 nitrogen and oxygen atoms in total. The van der Waals surface area contributed by atoms with Crippen molar-refractivity contribution in [2.75, 3.05) is 26.3 Å². The van der Waals surface area contributed by atoms with Crippen LogP contribution in [0.4, 0.5) is 0 Å². The fourth-order valence-corrected chi connectivity index (χ4v) is 2.74. The van der Waals surface area contributed by atoms with Gasteiger partial charge in [-0.15, -0.1) is 0 Å². The first kappa shape index (κ1) is 23.9. The summed E-state index contributed by atoms with van der Waals surface area (Å²) in [5, 5.41) is 8.61. The lowest BCUT2D eigenvalue weighted by atomic mass is 10.0. The summed E-state index contributed by atoms with van der Waals surface area (Å²) in [7, 11) is 0. The van der Waals surface area contributed by atoms with Gasteiger partial charge in [-0.25, -0.2) is 4.79 Å². The van der Waals surface area contributed by atoms with E-state index in [0.29, 0.717) is 0 Å². The zero-order chi connectivity index (χ0) is 19.1. The quantitative estimate of drug-likeness (QED) is 0.417. The van der Waals surface area contributed by atoms with E-state index < -0.39 is 12.6 Å². The second kappa shape index (κ2) is 15.2. The van der Waals surface area contributed by atoms with Gasteiger partial charge in [0.25, 0.3) is 0 Å². The Morgan fingerprint density at radius 2 is 1.28 bits per heavy atom. The lowest BCUT2D eigenvalue weighted by Gasteiger charge is -2.23. The Balaban J connectivity index is 4.15. The summed E-state index contributed by atoms with van der Waals surface area (Å²) < 4.78 is 4.96. The van der Waals surface area contributed by atoms with Crippen LogP contribution < -0.4 is 0 Å². The molecule has 0 aliphatic heterocycles. The van der Waals surface area contributed by atoms with E-state index in [-0.39, 0.29) is 12.5 Å². The van der Waals surface area contributed by atoms with Crippen molar-refractivity contribution in [3.63, 3.8) is 0 Å². The van der Waals surface area contributed by atoms with E-state index >= 15 is 0 Å². The van der Waals surface area contributed by atoms with Crippen molar-refractivity contribution < 1.29 is 19.4 Å². The van der Waals surface area contributed by atoms with Crippen LogP contribution in [0.1, 0.15) is 79.1 Å². The number of carboxylic acid groups (broad SMARTS) is 1. The van der Waals surface area contributed by atoms with E-state index in [2.05, 4.69) is 27.7 Å². The predicted octanol–water partition coefficient (Wildman–Crippen LogP) is 4.35. The van der Waals surface area contributed by atoms with Gasteiger partial charge >= 0.3 is 5.97 Å². The number of unbranched alkanes of at least 4 members (excludes halogenated alkanes) is 4. The minimum absolute atomic E-state index is 0.0889. The summed E-state index contributed by atoms with van der Waals surface area (Å²) in [5.41, 5.74) is 0. The number of hydrogen-bond acceptors (Lipinski definition) is 3. The fourth-order valence-electron chi connectivity index (χ4n) is 2.74. The molecule has 148 valence electrons. The molecule has 0 aromatic carbocycles. The van der Waals surface area contributed by atoms with Crippen LogP contribution in [0.3, 0.4) is 0 Å². The highest BCUT2D eigenvalue weighted by molar-refractivity contribution is 5.78. The van der Waals surface area contributed by atoms with Crippen LogP contribution in [0.15, 0.2) is 0 Å². The molecule has 0 saturated carbocycles. The summed E-state index contributed by atoms with van der Waals surface area (Å²) in [5.74, 6) is 0.321. The average molecular weight is 358 g/mol. The van der Waals surface area contributed by atoms with Crippen molar-refractivity contribution in [3.8, 4) is 0 Å². The van der Waals surface area contributed by atoms with Crippen LogP contribution in [-0.4, -0.2) is 48.2 Å². The van der Waals surface area contributed by atoms with Crippen molar-refractivity contribution in [1.82, 2.24) is 4.90 Å². The van der Waals surface area contributed by atoms with Gasteiger partial charge in [-0.2, -0.15) is 0 Å². The summed E-state index contributed by atoms with van der Waals surface area (Å²) in [4.78, 5) is 24.6. The number of ether oxygens (including phenoxy) is 1. The van der Waals surface area contributed by atoms with E-state index in [1.807, 2.05) is 4.90 Å². The molecule has 0 fully saturated rings. The molecule has 25 heavy (non-hydrogen) atoms. The van der Waals surface area contributed by atoms with Crippen molar-refractivity contribution in [2.45, 2.75) is 79.1 Å². The fraction of sp³-hybridized carbons (Fsp3) is 0.900. The van der Waals surface area contributed by atoms with Gasteiger partial charge in [-0.3, -0.25) is 4.79 Å². The first-order valence-corrected chi connectivity index (χ1v) is 9.90. The molecular formula is C20H39NO4. The lowest BCUT2D eigenvalue weighted by Crippen LogP contribution is -2.36. The average Bonchev–Trinajstić information content (AvgIpc) is 2.51. The predicted molar refractivity (Wildman–Crippen MR) is 102 cm³/mol. The van der Waals surface area contributed by atoms with Crippen molar-refractivity contribution >= 4 is 11.9 Å². The van der Waals surface area contributed by atoms with E-state index in [0.717, 1.165) is 50.6 Å². The summed E-state index contributed by atoms with van der Waals surface area (Å²) >= 11 is 0. The van der Waals surface area contributed by atoms with Crippen molar-refractivity contribution in [1.29, 1.82) is 0 Å². The standard InChI is InChI=1S/C20H39NO4/c1-17(2)11-7-5-9-13-21(14-10-6-8-12-18(3)4)19(22)15-25-16-20(23)24/h17-18H,5-16H2,1-4H3,(H,23,24). The maximum atomic E-state index is 12.3. The largest absolute Gasteiger partial charge is 0.480 e. The number of amides is 1. The summed E-state index contributed by atoms with van der Waals surface area (Å²) in [6.07, 6.45) is 9.12. The van der Waals surface area contributed by atoms with Crippen molar-refractivity contribution in [2.24, 2.45) is 11.8 Å². The van der Waals surface area contributed by atoms with Crippen LogP contribution in [0, 0.1) is 11.8 Å². The SMILES string of the molecule is CC(C)CCCCCN(CCCCCC(C)C)C(=O)COCC(=O)O. The number of carbonyl (C=O) groups is 2. The molecule has 0 radical (unpaired) electrons. The molecule has 0 aliphatic carbocycles. The molecule has 0 spiro atoms. The number of rotatable bonds is 16. The van der Waals surface area contributed by atoms with Gasteiger partial charge in [-0.1, -0.05) is 66.2 Å². The Hall–Kier alpha value is -1.10. The third-order valence-electron chi connectivity index (χ3n) is 4.22. The van der Waals surface area contributed by atoms with Crippen molar-refractivity contribution in [3.05, 3.63) is 0 Å². The third kappa shape index (κ3) is 16.1. The highest BCUT2D eigenvalue weighted by atomic mass is 16.5. The van der Waals surface area contributed by atoms with Gasteiger partial charge in [0, 0.05) is 13.1 Å². The number of carboxylic acids is 1. The van der Waals surface area contributed by atoms with Gasteiger partial charge < -0.3 is 14.7 Å². The molecule has 1 N–H and O–H groups in total. The number of nitrogens with zero attached hydrogens (tertiary/aromatic N) is 1. The van der Waals surface area contributed by atoms with Crippen LogP contribution >= 0.6 is 0 Å². The van der Waals surface area contributed by atoms with E-state index in [4.69, 9.17) is 9.84 Å². The highest BCUT2D eigenvalue weighted by Crippen LogP contribution is 2.11. The maximum Gasteiger partial charge on any atom is 0.329 e. The monoisotopic (exact) mass is 357 g/mol. The zero-order valence-electron chi connectivity index (χ0n) is 16.8. The summed E-state index contributed by atoms with van der Waals surface area (Å²) in [6, 6.07) is 0. The van der Waals surface area contributed by atoms with Gasteiger partial charge in [0.1, 0.15) is 13.2 Å². The molecule has 0 aromatic rings. The summed E-state index contributed by atoms with van der Waals surface area (Å²) in [6.45, 7) is 9.86. The Labute approximate surface area is 154 Å². The van der Waals surface area contributed by atoms with Crippen LogP contribution in [-0.2, 0) is 14.3 Å². The molecule has 5 heteroatoms. The maximum absolute atomic E-state index is 12.3. The van der Waals surface area contributed by atoms with Crippen LogP contribution in [0.2, 0.25) is 0 Å². The van der Waals surface area contributed by atoms with E-state index in [1.165, 1.54) is 25.7 Å². The molecule has 0 unspecified atom stereocenters. The first-order chi connectivity index (χ1) is 11.8. The molecule has 0 atom stereocenters. The molecule has 0 aliphatic rings. The van der Waals surface area contributed by atoms with Crippen LogP contribution in [0.25, 0.3) is 0 Å². The normalized spacial score (nSPS) is 11.3. The van der Waals surface area contributed by atoms with E-state index in [9.17, 15) is 9.59 Å². The molecule has 0 bridgehead atoms. The second-order valence-corrected chi connectivity index (χ2v) is 7.75. The molecule has 0 rings (SSSR count). The molecule has 0 saturated heterocycles. The Kier molecular flexibility index (Phi) is 14.5. The second-order valence-electron chi connectivity index (χ2n) is 7.75. The minimum Gasteiger partial charge on any atom is -0.480 e. The Bertz CT molecular complexity index is 338. The Morgan fingerprint density at radius 1 is 0.800 bits per heavy atom. The van der Waals surface area contributed by atoms with Gasteiger partial charge in [0.2, 0.25) is 5.91 Å². The first-order valence-electron chi connectivity index (χ1n) is 9.90. The van der Waals surface area contributed by atoms with Gasteiger partial charge in [0.05, 0.1) is 0 Å². The number of hydrogen-bond donors (Lipinski definition) is 1. The molecular weight excluding hydrogens is 318 g/mol. The Morgan fingerprint density at radius 3 is 1.68 bits per heavy atom. The van der Waals surface area contributed by atoms with Crippen LogP contribution in [0.5, 0.6) is 0 Å². The minimum atomic E-state index is -1.04. The molecule has 0 aromatic heterocycles. The lowest BCUT2D eigenvalue weighted by molar-refractivity contribution is -0.145. The van der Waals surface area contributed by atoms with E-state index in [1.54, 1.807) is 0 Å². The topological polar surface area (TPSA) is 66.8 Å². The number of carbonyl (C=O) groups excluding carboxylic acids is 1. The van der Waals surface area contributed by atoms with Gasteiger partial charge in [0.15, 0.2) is 0 Å².